The molecule has 0 aromatic rings. The average molecular weight is 399 g/mol. The van der Waals surface area contributed by atoms with Crippen LogP contribution in [-0.2, 0) is 0 Å². The van der Waals surface area contributed by atoms with Crippen LogP contribution in [0, 0.1) is 52.3 Å². The molecule has 0 saturated heterocycles. The molecular weight excluding hydrogens is 352 g/mol. The highest BCUT2D eigenvalue weighted by molar-refractivity contribution is 5.25. The molecule has 4 aliphatic carbocycles. The molecule has 4 rings (SSSR count). The lowest BCUT2D eigenvalue weighted by Crippen LogP contribution is -2.50. The molecule has 0 aliphatic heterocycles. The Morgan fingerprint density at radius 2 is 1.72 bits per heavy atom. The number of hydrogen-bond acceptors (Lipinski definition) is 1. The van der Waals surface area contributed by atoms with E-state index >= 15 is 0 Å². The predicted molar refractivity (Wildman–Crippen MR) is 124 cm³/mol. The summed E-state index contributed by atoms with van der Waals surface area (Å²) >= 11 is 0. The summed E-state index contributed by atoms with van der Waals surface area (Å²) in [7, 11) is 0. The van der Waals surface area contributed by atoms with Crippen molar-refractivity contribution in [3.05, 3.63) is 23.8 Å². The van der Waals surface area contributed by atoms with E-state index in [1.807, 2.05) is 0 Å². The Balaban J connectivity index is 1.53. The van der Waals surface area contributed by atoms with Gasteiger partial charge >= 0.3 is 0 Å². The lowest BCUT2D eigenvalue weighted by Gasteiger charge is -2.58. The van der Waals surface area contributed by atoms with Crippen LogP contribution in [0.2, 0.25) is 0 Å². The minimum absolute atomic E-state index is 0.0866. The molecule has 9 atom stereocenters. The Morgan fingerprint density at radius 3 is 2.45 bits per heavy atom. The van der Waals surface area contributed by atoms with E-state index in [2.05, 4.69) is 59.8 Å². The van der Waals surface area contributed by atoms with E-state index in [-0.39, 0.29) is 6.10 Å². The van der Waals surface area contributed by atoms with Gasteiger partial charge in [0.25, 0.3) is 0 Å². The highest BCUT2D eigenvalue weighted by Crippen LogP contribution is 2.67. The fourth-order valence-corrected chi connectivity index (χ4v) is 8.25. The topological polar surface area (TPSA) is 20.2 Å². The van der Waals surface area contributed by atoms with Crippen LogP contribution in [0.3, 0.4) is 0 Å². The van der Waals surface area contributed by atoms with E-state index in [1.165, 1.54) is 38.5 Å². The van der Waals surface area contributed by atoms with Gasteiger partial charge < -0.3 is 5.11 Å². The third-order valence-electron chi connectivity index (χ3n) is 10.6. The number of hydrogen-bond donors (Lipinski definition) is 1. The van der Waals surface area contributed by atoms with Crippen molar-refractivity contribution in [2.45, 2.75) is 99.0 Å². The number of aliphatic hydroxyl groups excluding tert-OH is 1. The first kappa shape index (κ1) is 21.7. The second-order valence-corrected chi connectivity index (χ2v) is 12.2. The summed E-state index contributed by atoms with van der Waals surface area (Å²) in [5, 5.41) is 10.2. The molecule has 0 aromatic carbocycles. The van der Waals surface area contributed by atoms with E-state index in [0.29, 0.717) is 22.7 Å². The highest BCUT2D eigenvalue weighted by atomic mass is 16.3. The SMILES string of the molecule is CC(C)[C@@H](C)C=C[C@@H](C)[C@H]1CCC2C3CC=C4C[C@@H](O)CC[C@]4(C)C3CC[C@@]21C. The molecule has 0 spiro atoms. The summed E-state index contributed by atoms with van der Waals surface area (Å²) in [4.78, 5) is 0. The monoisotopic (exact) mass is 398 g/mol. The van der Waals surface area contributed by atoms with Crippen molar-refractivity contribution in [3.63, 3.8) is 0 Å². The second kappa shape index (κ2) is 7.85. The quantitative estimate of drug-likeness (QED) is 0.489. The molecule has 1 nitrogen and oxygen atoms in total. The molecule has 1 N–H and O–H groups in total. The molecule has 3 unspecified atom stereocenters. The van der Waals surface area contributed by atoms with Gasteiger partial charge in [-0.2, -0.15) is 0 Å². The van der Waals surface area contributed by atoms with Crippen LogP contribution < -0.4 is 0 Å². The fourth-order valence-electron chi connectivity index (χ4n) is 8.25. The summed E-state index contributed by atoms with van der Waals surface area (Å²) in [6.07, 6.45) is 17.7. The van der Waals surface area contributed by atoms with Crippen molar-refractivity contribution in [3.8, 4) is 0 Å². The Hall–Kier alpha value is -0.560. The van der Waals surface area contributed by atoms with Crippen molar-refractivity contribution >= 4 is 0 Å². The second-order valence-electron chi connectivity index (χ2n) is 12.2. The lowest BCUT2D eigenvalue weighted by molar-refractivity contribution is -0.0540. The van der Waals surface area contributed by atoms with Gasteiger partial charge in [0.2, 0.25) is 0 Å². The van der Waals surface area contributed by atoms with Crippen LogP contribution in [0.5, 0.6) is 0 Å². The lowest BCUT2D eigenvalue weighted by atomic mass is 9.47. The third kappa shape index (κ3) is 3.58. The van der Waals surface area contributed by atoms with Crippen molar-refractivity contribution in [1.82, 2.24) is 0 Å². The average Bonchev–Trinajstić information content (AvgIpc) is 3.03. The first-order valence-electron chi connectivity index (χ1n) is 12.7. The molecule has 0 radical (unpaired) electrons. The molecule has 0 bridgehead atoms. The summed E-state index contributed by atoms with van der Waals surface area (Å²) in [5.41, 5.74) is 2.51. The van der Waals surface area contributed by atoms with Crippen LogP contribution in [0.25, 0.3) is 0 Å². The maximum Gasteiger partial charge on any atom is 0.0577 e. The summed E-state index contributed by atoms with van der Waals surface area (Å²) < 4.78 is 0. The van der Waals surface area contributed by atoms with Gasteiger partial charge in [-0.3, -0.25) is 0 Å². The number of aliphatic hydroxyl groups is 1. The summed E-state index contributed by atoms with van der Waals surface area (Å²) in [5.74, 6) is 5.63. The smallest absolute Gasteiger partial charge is 0.0577 e. The van der Waals surface area contributed by atoms with Gasteiger partial charge in [0.1, 0.15) is 0 Å². The van der Waals surface area contributed by atoms with E-state index in [1.54, 1.807) is 5.57 Å². The predicted octanol–water partition coefficient (Wildman–Crippen LogP) is 7.41. The highest BCUT2D eigenvalue weighted by Gasteiger charge is 2.58. The minimum atomic E-state index is -0.0866. The molecule has 0 aromatic heterocycles. The van der Waals surface area contributed by atoms with Crippen molar-refractivity contribution in [2.75, 3.05) is 0 Å². The van der Waals surface area contributed by atoms with Crippen LogP contribution in [0.4, 0.5) is 0 Å². The molecule has 4 aliphatic rings. The molecule has 3 fully saturated rings. The largest absolute Gasteiger partial charge is 0.393 e. The van der Waals surface area contributed by atoms with Gasteiger partial charge in [0, 0.05) is 0 Å². The zero-order chi connectivity index (χ0) is 21.0. The van der Waals surface area contributed by atoms with Gasteiger partial charge in [-0.05, 0) is 104 Å². The Morgan fingerprint density at radius 1 is 0.966 bits per heavy atom. The normalized spacial score (nSPS) is 46.8. The molecule has 164 valence electrons. The Bertz CT molecular complexity index is 659. The fraction of sp³-hybridized carbons (Fsp3) is 0.857. The Kier molecular flexibility index (Phi) is 5.86. The van der Waals surface area contributed by atoms with E-state index < -0.39 is 0 Å². The number of rotatable bonds is 4. The van der Waals surface area contributed by atoms with Crippen LogP contribution in [-0.4, -0.2) is 11.2 Å². The zero-order valence-electron chi connectivity index (χ0n) is 20.0. The van der Waals surface area contributed by atoms with Crippen molar-refractivity contribution in [2.24, 2.45) is 52.3 Å². The minimum Gasteiger partial charge on any atom is -0.393 e. The first-order valence-corrected chi connectivity index (χ1v) is 12.7. The first-order chi connectivity index (χ1) is 13.7. The molecular formula is C28H46O. The van der Waals surface area contributed by atoms with E-state index in [9.17, 15) is 5.11 Å². The van der Waals surface area contributed by atoms with Crippen molar-refractivity contribution < 1.29 is 5.11 Å². The molecule has 29 heavy (non-hydrogen) atoms. The molecule has 3 saturated carbocycles. The zero-order valence-corrected chi connectivity index (χ0v) is 20.0. The third-order valence-corrected chi connectivity index (χ3v) is 10.6. The van der Waals surface area contributed by atoms with Gasteiger partial charge in [-0.1, -0.05) is 65.3 Å². The standard InChI is InChI=1S/C28H46O/c1-18(2)19(3)7-8-20(4)24-11-12-25-23-10-9-21-17-22(29)13-15-27(21,5)26(23)14-16-28(24,25)6/h7-9,18-20,22-26,29H,10-17H2,1-6H3/t19-,20+,22-,23?,24+,25?,26?,27-,28+/m0/s1. The summed E-state index contributed by atoms with van der Waals surface area (Å²) in [6, 6.07) is 0. The molecule has 0 amide bonds. The number of allylic oxidation sites excluding steroid dienone is 3. The van der Waals surface area contributed by atoms with Gasteiger partial charge in [0.15, 0.2) is 0 Å². The summed E-state index contributed by atoms with van der Waals surface area (Å²) in [6.45, 7) is 14.7. The Labute approximate surface area is 180 Å². The van der Waals surface area contributed by atoms with Crippen LogP contribution >= 0.6 is 0 Å². The number of fused-ring (bicyclic) bond motifs is 5. The van der Waals surface area contributed by atoms with Crippen LogP contribution in [0.1, 0.15) is 92.9 Å². The van der Waals surface area contributed by atoms with Gasteiger partial charge in [0.05, 0.1) is 6.10 Å². The van der Waals surface area contributed by atoms with E-state index in [4.69, 9.17) is 0 Å². The van der Waals surface area contributed by atoms with Crippen molar-refractivity contribution in [1.29, 1.82) is 0 Å². The molecule has 1 heteroatoms. The maximum atomic E-state index is 10.2. The van der Waals surface area contributed by atoms with Gasteiger partial charge in [-0.25, -0.2) is 0 Å². The van der Waals surface area contributed by atoms with Gasteiger partial charge in [-0.15, -0.1) is 0 Å². The van der Waals surface area contributed by atoms with Crippen LogP contribution in [0.15, 0.2) is 23.8 Å². The molecule has 0 heterocycles. The maximum absolute atomic E-state index is 10.2. The van der Waals surface area contributed by atoms with E-state index in [0.717, 1.165) is 42.4 Å².